The van der Waals surface area contributed by atoms with Gasteiger partial charge in [-0.15, -0.1) is 4.31 Å². The van der Waals surface area contributed by atoms with E-state index in [0.717, 1.165) is 37.9 Å². The first kappa shape index (κ1) is 17.9. The zero-order valence-corrected chi connectivity index (χ0v) is 16.1. The topological polar surface area (TPSA) is 46.6 Å². The number of hydrogen-bond donors (Lipinski definition) is 0. The van der Waals surface area contributed by atoms with E-state index in [9.17, 15) is 8.76 Å². The molecule has 2 aliphatic rings. The zero-order valence-electron chi connectivity index (χ0n) is 15.3. The Morgan fingerprint density at radius 2 is 1.77 bits per heavy atom. The minimum absolute atomic E-state index is 0.120. The summed E-state index contributed by atoms with van der Waals surface area (Å²) in [6.45, 7) is 2.96. The molecule has 0 bridgehead atoms. The van der Waals surface area contributed by atoms with Gasteiger partial charge in [0.15, 0.2) is 0 Å². The number of nitrogens with zero attached hydrogens (tertiary/aromatic N) is 2. The lowest BCUT2D eigenvalue weighted by Gasteiger charge is -2.40. The summed E-state index contributed by atoms with van der Waals surface area (Å²) in [4.78, 5) is 2.52. The summed E-state index contributed by atoms with van der Waals surface area (Å²) >= 11 is 0. The fourth-order valence-electron chi connectivity index (χ4n) is 4.53. The molecule has 0 N–H and O–H groups in total. The second-order valence-electron chi connectivity index (χ2n) is 7.71. The van der Waals surface area contributed by atoms with Gasteiger partial charge in [0.2, 0.25) is 0 Å². The fraction of sp³-hybridized carbons (Fsp3) is 0.429. The Labute approximate surface area is 157 Å². The van der Waals surface area contributed by atoms with E-state index in [1.54, 1.807) is 4.31 Å². The Kier molecular flexibility index (Phi) is 4.73. The van der Waals surface area contributed by atoms with E-state index in [0.29, 0.717) is 13.1 Å². The number of likely N-dealkylation sites (tertiary alicyclic amines) is 1. The molecule has 0 aromatic heterocycles. The molecule has 1 fully saturated rings. The number of benzene rings is 2. The number of hydrogen-bond acceptors (Lipinski definition) is 3. The van der Waals surface area contributed by atoms with Gasteiger partial charge in [0.25, 0.3) is 0 Å². The molecule has 2 aromatic carbocycles. The molecule has 1 spiro atoms. The summed E-state index contributed by atoms with van der Waals surface area (Å²) in [6, 6.07) is 18.8. The highest BCUT2D eigenvalue weighted by Crippen LogP contribution is 2.39. The molecule has 0 amide bonds. The van der Waals surface area contributed by atoms with Crippen molar-refractivity contribution >= 4 is 10.4 Å². The summed E-state index contributed by atoms with van der Waals surface area (Å²) in [5.74, 6) is 0. The maximum Gasteiger partial charge on any atom is 0.122 e. The summed E-state index contributed by atoms with van der Waals surface area (Å²) in [5, 5.41) is 0. The van der Waals surface area contributed by atoms with Gasteiger partial charge in [-0.05, 0) is 42.5 Å². The van der Waals surface area contributed by atoms with E-state index in [4.69, 9.17) is 0 Å². The third-order valence-corrected chi connectivity index (χ3v) is 7.08. The van der Waals surface area contributed by atoms with Crippen LogP contribution in [0.1, 0.15) is 29.5 Å². The largest absolute Gasteiger partial charge is 0.598 e. The third kappa shape index (κ3) is 3.49. The molecule has 2 heterocycles. The van der Waals surface area contributed by atoms with Crippen molar-refractivity contribution in [3.63, 3.8) is 0 Å². The quantitative estimate of drug-likeness (QED) is 0.779. The Hall–Kier alpha value is -1.53. The van der Waals surface area contributed by atoms with E-state index < -0.39 is 10.4 Å². The highest BCUT2D eigenvalue weighted by molar-refractivity contribution is 7.94. The molecule has 4 nitrogen and oxygen atoms in total. The fourth-order valence-corrected chi connectivity index (χ4v) is 5.38. The van der Waals surface area contributed by atoms with Crippen LogP contribution in [0.3, 0.4) is 0 Å². The van der Waals surface area contributed by atoms with E-state index in [-0.39, 0.29) is 5.54 Å². The highest BCUT2D eigenvalue weighted by Gasteiger charge is 2.46. The van der Waals surface area contributed by atoms with Crippen LogP contribution in [0.5, 0.6) is 0 Å². The van der Waals surface area contributed by atoms with Crippen molar-refractivity contribution in [3.8, 4) is 0 Å². The average molecular weight is 371 g/mol. The number of sulfonamides is 1. The van der Waals surface area contributed by atoms with Crippen LogP contribution in [-0.4, -0.2) is 38.6 Å². The Balaban J connectivity index is 1.71. The molecule has 2 aromatic rings. The number of rotatable bonds is 3. The van der Waals surface area contributed by atoms with Crippen molar-refractivity contribution in [3.05, 3.63) is 71.3 Å². The summed E-state index contributed by atoms with van der Waals surface area (Å²) in [6.07, 6.45) is 4.42. The molecule has 138 valence electrons. The molecular weight excluding hydrogens is 344 g/mol. The normalized spacial score (nSPS) is 26.4. The predicted molar refractivity (Wildman–Crippen MR) is 104 cm³/mol. The Morgan fingerprint density at radius 3 is 2.50 bits per heavy atom. The minimum atomic E-state index is -3.24. The molecule has 2 unspecified atom stereocenters. The average Bonchev–Trinajstić information content (AvgIpc) is 2.88. The molecule has 1 saturated heterocycles. The third-order valence-electron chi connectivity index (χ3n) is 5.88. The first-order valence-corrected chi connectivity index (χ1v) is 11.1. The lowest BCUT2D eigenvalue weighted by atomic mass is 9.87. The second kappa shape index (κ2) is 6.89. The molecule has 5 heteroatoms. The van der Waals surface area contributed by atoms with Crippen LogP contribution < -0.4 is 0 Å². The molecular formula is C21H26N2O2S. The molecule has 0 saturated carbocycles. The Morgan fingerprint density at radius 1 is 1.08 bits per heavy atom. The van der Waals surface area contributed by atoms with Crippen molar-refractivity contribution in [2.24, 2.45) is 0 Å². The van der Waals surface area contributed by atoms with E-state index in [1.165, 1.54) is 17.4 Å². The van der Waals surface area contributed by atoms with Crippen LogP contribution in [-0.2, 0) is 34.1 Å². The zero-order chi connectivity index (χ0) is 18.2. The summed E-state index contributed by atoms with van der Waals surface area (Å²) in [7, 11) is -3.24. The predicted octanol–water partition coefficient (Wildman–Crippen LogP) is 3.25. The van der Waals surface area contributed by atoms with Gasteiger partial charge >= 0.3 is 0 Å². The van der Waals surface area contributed by atoms with E-state index >= 15 is 0 Å². The maximum absolute atomic E-state index is 12.5. The first-order valence-electron chi connectivity index (χ1n) is 9.27. The molecule has 4 rings (SSSR count). The van der Waals surface area contributed by atoms with Crippen molar-refractivity contribution in [1.29, 1.82) is 0 Å². The summed E-state index contributed by atoms with van der Waals surface area (Å²) < 4.78 is 26.6. The SMILES string of the molecule is C[S+](=O)([O-])N1Cc2ccccc2CC2(CCCN2Cc2ccccc2)C1. The van der Waals surface area contributed by atoms with Gasteiger partial charge in [0.1, 0.15) is 16.7 Å². The first-order chi connectivity index (χ1) is 12.5. The van der Waals surface area contributed by atoms with Crippen molar-refractivity contribution in [2.75, 3.05) is 19.3 Å². The molecule has 0 aliphatic carbocycles. The molecule has 2 aliphatic heterocycles. The molecule has 2 atom stereocenters. The highest BCUT2D eigenvalue weighted by atomic mass is 32.3. The van der Waals surface area contributed by atoms with Gasteiger partial charge in [-0.25, -0.2) is 0 Å². The molecule has 26 heavy (non-hydrogen) atoms. The maximum atomic E-state index is 12.5. The van der Waals surface area contributed by atoms with E-state index in [2.05, 4.69) is 47.4 Å². The van der Waals surface area contributed by atoms with Gasteiger partial charge in [0, 0.05) is 12.1 Å². The van der Waals surface area contributed by atoms with Crippen LogP contribution in [0.2, 0.25) is 0 Å². The van der Waals surface area contributed by atoms with Gasteiger partial charge in [-0.1, -0.05) is 58.8 Å². The van der Waals surface area contributed by atoms with Crippen LogP contribution in [0.15, 0.2) is 54.6 Å². The monoisotopic (exact) mass is 370 g/mol. The van der Waals surface area contributed by atoms with Gasteiger partial charge in [-0.2, -0.15) is 0 Å². The van der Waals surface area contributed by atoms with Crippen LogP contribution in [0.25, 0.3) is 0 Å². The lowest BCUT2D eigenvalue weighted by Crippen LogP contribution is -2.53. The minimum Gasteiger partial charge on any atom is -0.598 e. The van der Waals surface area contributed by atoms with Crippen molar-refractivity contribution < 1.29 is 8.76 Å². The smallest absolute Gasteiger partial charge is 0.122 e. The lowest BCUT2D eigenvalue weighted by molar-refractivity contribution is 0.104. The standard InChI is InChI=1S/C21H26N2O2S/c1-26(24,25)23-16-20-11-6-5-10-19(20)14-21(17-23)12-7-13-22(21)15-18-8-3-2-4-9-18/h2-6,8-11H,7,12-17H2,1H3. The second-order valence-corrected chi connectivity index (χ2v) is 9.69. The van der Waals surface area contributed by atoms with Crippen molar-refractivity contribution in [1.82, 2.24) is 9.21 Å². The van der Waals surface area contributed by atoms with Crippen molar-refractivity contribution in [2.45, 2.75) is 37.9 Å². The summed E-state index contributed by atoms with van der Waals surface area (Å²) in [5.41, 5.74) is 3.60. The van der Waals surface area contributed by atoms with Crippen LogP contribution in [0, 0.1) is 0 Å². The van der Waals surface area contributed by atoms with Gasteiger partial charge in [0.05, 0.1) is 13.1 Å². The van der Waals surface area contributed by atoms with Gasteiger partial charge < -0.3 is 4.55 Å². The van der Waals surface area contributed by atoms with Crippen LogP contribution >= 0.6 is 0 Å². The molecule has 0 radical (unpaired) electrons. The Bertz CT molecular complexity index is 820. The van der Waals surface area contributed by atoms with E-state index in [1.807, 2.05) is 12.1 Å². The number of fused-ring (bicyclic) bond motifs is 1. The van der Waals surface area contributed by atoms with Gasteiger partial charge in [-0.3, -0.25) is 4.90 Å². The van der Waals surface area contributed by atoms with Crippen LogP contribution in [0.4, 0.5) is 0 Å².